The molecule has 1 aliphatic rings. The zero-order valence-electron chi connectivity index (χ0n) is 11.1. The molecular weight excluding hydrogens is 230 g/mol. The average molecular weight is 251 g/mol. The first-order chi connectivity index (χ1) is 8.81. The highest BCUT2D eigenvalue weighted by Gasteiger charge is 2.15. The molecule has 0 spiro atoms. The van der Waals surface area contributed by atoms with Crippen molar-refractivity contribution < 1.29 is 9.47 Å². The first-order valence-corrected chi connectivity index (χ1v) is 6.59. The normalized spacial score (nSPS) is 19.6. The largest absolute Gasteiger partial charge is 0.478 e. The van der Waals surface area contributed by atoms with Crippen molar-refractivity contribution in [2.24, 2.45) is 5.92 Å². The van der Waals surface area contributed by atoms with Crippen molar-refractivity contribution in [3.8, 4) is 11.8 Å². The maximum absolute atomic E-state index is 5.79. The fourth-order valence-electron chi connectivity index (χ4n) is 2.11. The zero-order valence-corrected chi connectivity index (χ0v) is 11.1. The van der Waals surface area contributed by atoms with E-state index in [1.807, 2.05) is 13.8 Å². The molecule has 0 aromatic carbocycles. The Morgan fingerprint density at radius 2 is 2.11 bits per heavy atom. The lowest BCUT2D eigenvalue weighted by atomic mass is 10.0. The van der Waals surface area contributed by atoms with Crippen LogP contribution < -0.4 is 14.8 Å². The minimum atomic E-state index is 0.573. The van der Waals surface area contributed by atoms with E-state index in [-0.39, 0.29) is 0 Å². The molecule has 1 aliphatic heterocycles. The molecule has 2 rings (SSSR count). The second-order valence-electron chi connectivity index (χ2n) is 4.57. The van der Waals surface area contributed by atoms with Gasteiger partial charge in [0.25, 0.3) is 0 Å². The molecule has 5 nitrogen and oxygen atoms in total. The summed E-state index contributed by atoms with van der Waals surface area (Å²) in [5, 5.41) is 3.38. The molecule has 0 amide bonds. The molecule has 1 aromatic heterocycles. The number of rotatable bonds is 5. The van der Waals surface area contributed by atoms with Gasteiger partial charge in [0.1, 0.15) is 6.33 Å². The second-order valence-corrected chi connectivity index (χ2v) is 4.57. The third-order valence-electron chi connectivity index (χ3n) is 3.13. The Balaban J connectivity index is 1.93. The molecule has 0 bridgehead atoms. The fraction of sp³-hybridized carbons (Fsp3) is 0.692. The molecule has 1 unspecified atom stereocenters. The number of ether oxygens (including phenoxy) is 2. The van der Waals surface area contributed by atoms with Gasteiger partial charge in [0, 0.05) is 12.5 Å². The number of hydrogen-bond acceptors (Lipinski definition) is 5. The molecule has 1 N–H and O–H groups in total. The van der Waals surface area contributed by atoms with Crippen LogP contribution in [0.15, 0.2) is 6.33 Å². The summed E-state index contributed by atoms with van der Waals surface area (Å²) >= 11 is 0. The minimum Gasteiger partial charge on any atom is -0.478 e. The summed E-state index contributed by atoms with van der Waals surface area (Å²) in [6.45, 7) is 7.33. The molecule has 1 fully saturated rings. The lowest BCUT2D eigenvalue weighted by Crippen LogP contribution is -2.33. The van der Waals surface area contributed by atoms with Crippen LogP contribution in [0.1, 0.15) is 25.3 Å². The van der Waals surface area contributed by atoms with E-state index in [1.165, 1.54) is 19.2 Å². The Labute approximate surface area is 108 Å². The summed E-state index contributed by atoms with van der Waals surface area (Å²) in [4.78, 5) is 8.27. The van der Waals surface area contributed by atoms with Crippen molar-refractivity contribution >= 4 is 0 Å². The van der Waals surface area contributed by atoms with Crippen LogP contribution >= 0.6 is 0 Å². The van der Waals surface area contributed by atoms with Crippen molar-refractivity contribution in [3.63, 3.8) is 0 Å². The van der Waals surface area contributed by atoms with Crippen molar-refractivity contribution in [1.82, 2.24) is 15.3 Å². The Kier molecular flexibility index (Phi) is 4.75. The van der Waals surface area contributed by atoms with Crippen LogP contribution in [0.4, 0.5) is 0 Å². The van der Waals surface area contributed by atoms with Gasteiger partial charge in [-0.2, -0.15) is 0 Å². The van der Waals surface area contributed by atoms with Crippen LogP contribution in [0.5, 0.6) is 11.8 Å². The third-order valence-corrected chi connectivity index (χ3v) is 3.13. The van der Waals surface area contributed by atoms with Gasteiger partial charge in [-0.3, -0.25) is 0 Å². The summed E-state index contributed by atoms with van der Waals surface area (Å²) in [7, 11) is 0. The molecule has 1 aromatic rings. The van der Waals surface area contributed by atoms with Gasteiger partial charge in [-0.25, -0.2) is 9.97 Å². The monoisotopic (exact) mass is 251 g/mol. The summed E-state index contributed by atoms with van der Waals surface area (Å²) in [6.07, 6.45) is 3.93. The zero-order chi connectivity index (χ0) is 12.8. The Morgan fingerprint density at radius 1 is 1.33 bits per heavy atom. The van der Waals surface area contributed by atoms with E-state index in [0.29, 0.717) is 30.9 Å². The lowest BCUT2D eigenvalue weighted by Gasteiger charge is -2.22. The van der Waals surface area contributed by atoms with Gasteiger partial charge in [-0.05, 0) is 33.2 Å². The van der Waals surface area contributed by atoms with Gasteiger partial charge in [0.15, 0.2) is 0 Å². The van der Waals surface area contributed by atoms with E-state index in [1.54, 1.807) is 0 Å². The van der Waals surface area contributed by atoms with E-state index in [9.17, 15) is 0 Å². The number of piperidine rings is 1. The van der Waals surface area contributed by atoms with Gasteiger partial charge in [0.2, 0.25) is 11.8 Å². The van der Waals surface area contributed by atoms with E-state index < -0.39 is 0 Å². The first-order valence-electron chi connectivity index (χ1n) is 6.59. The highest BCUT2D eigenvalue weighted by Crippen LogP contribution is 2.23. The van der Waals surface area contributed by atoms with Crippen LogP contribution in [-0.4, -0.2) is 36.3 Å². The summed E-state index contributed by atoms with van der Waals surface area (Å²) in [5.41, 5.74) is 0.878. The Morgan fingerprint density at radius 3 is 2.78 bits per heavy atom. The quantitative estimate of drug-likeness (QED) is 0.860. The van der Waals surface area contributed by atoms with Gasteiger partial charge in [0.05, 0.1) is 18.8 Å². The van der Waals surface area contributed by atoms with Crippen molar-refractivity contribution in [1.29, 1.82) is 0 Å². The predicted octanol–water partition coefficient (Wildman–Crippen LogP) is 1.56. The van der Waals surface area contributed by atoms with Crippen LogP contribution in [0.25, 0.3) is 0 Å². The van der Waals surface area contributed by atoms with Crippen molar-refractivity contribution in [2.75, 3.05) is 26.3 Å². The predicted molar refractivity (Wildman–Crippen MR) is 69.0 cm³/mol. The van der Waals surface area contributed by atoms with Gasteiger partial charge in [-0.15, -0.1) is 0 Å². The highest BCUT2D eigenvalue weighted by molar-refractivity contribution is 5.32. The molecule has 1 saturated heterocycles. The molecule has 1 atom stereocenters. The number of hydrogen-bond donors (Lipinski definition) is 1. The van der Waals surface area contributed by atoms with E-state index in [2.05, 4.69) is 15.3 Å². The number of nitrogens with zero attached hydrogens (tertiary/aromatic N) is 2. The molecule has 0 radical (unpaired) electrons. The average Bonchev–Trinajstić information content (AvgIpc) is 2.41. The van der Waals surface area contributed by atoms with Gasteiger partial charge < -0.3 is 14.8 Å². The molecular formula is C13H21N3O2. The SMILES string of the molecule is CCOc1ncnc(OCC2CCCNC2)c1C. The fourth-order valence-corrected chi connectivity index (χ4v) is 2.11. The van der Waals surface area contributed by atoms with E-state index in [4.69, 9.17) is 9.47 Å². The van der Waals surface area contributed by atoms with Crippen molar-refractivity contribution in [2.45, 2.75) is 26.7 Å². The molecule has 5 heteroatoms. The second kappa shape index (κ2) is 6.54. The standard InChI is InChI=1S/C13H21N3O2/c1-3-17-12-10(2)13(16-9-15-12)18-8-11-5-4-6-14-7-11/h9,11,14H,3-8H2,1-2H3. The summed E-state index contributed by atoms with van der Waals surface area (Å²) in [6, 6.07) is 0. The number of nitrogens with one attached hydrogen (secondary N) is 1. The maximum atomic E-state index is 5.79. The van der Waals surface area contributed by atoms with Crippen LogP contribution in [0.3, 0.4) is 0 Å². The lowest BCUT2D eigenvalue weighted by molar-refractivity contribution is 0.208. The topological polar surface area (TPSA) is 56.3 Å². The minimum absolute atomic E-state index is 0.573. The molecule has 0 saturated carbocycles. The summed E-state index contributed by atoms with van der Waals surface area (Å²) < 4.78 is 11.2. The third kappa shape index (κ3) is 3.32. The van der Waals surface area contributed by atoms with Gasteiger partial charge in [-0.1, -0.05) is 0 Å². The Bertz CT molecular complexity index is 378. The smallest absolute Gasteiger partial charge is 0.223 e. The summed E-state index contributed by atoms with van der Waals surface area (Å²) in [5.74, 6) is 1.83. The van der Waals surface area contributed by atoms with Crippen LogP contribution in [0, 0.1) is 12.8 Å². The van der Waals surface area contributed by atoms with E-state index >= 15 is 0 Å². The molecule has 2 heterocycles. The van der Waals surface area contributed by atoms with E-state index in [0.717, 1.165) is 18.7 Å². The number of aromatic nitrogens is 2. The molecule has 18 heavy (non-hydrogen) atoms. The molecule has 0 aliphatic carbocycles. The van der Waals surface area contributed by atoms with Gasteiger partial charge >= 0.3 is 0 Å². The van der Waals surface area contributed by atoms with Crippen LogP contribution in [-0.2, 0) is 0 Å². The first kappa shape index (κ1) is 13.1. The highest BCUT2D eigenvalue weighted by atomic mass is 16.5. The van der Waals surface area contributed by atoms with Crippen molar-refractivity contribution in [3.05, 3.63) is 11.9 Å². The van der Waals surface area contributed by atoms with Crippen LogP contribution in [0.2, 0.25) is 0 Å². The maximum Gasteiger partial charge on any atom is 0.223 e. The molecule has 100 valence electrons. The Hall–Kier alpha value is -1.36.